The Kier molecular flexibility index (Phi) is 7.06. The number of carbonyl (C=O) groups is 2. The number of hydrogen-bond donors (Lipinski definition) is 1. The summed E-state index contributed by atoms with van der Waals surface area (Å²) in [7, 11) is 1.54. The third-order valence-corrected chi connectivity index (χ3v) is 9.10. The van der Waals surface area contributed by atoms with Crippen LogP contribution in [0.25, 0.3) is 11.4 Å². The molecular weight excluding hydrogens is 558 g/mol. The minimum absolute atomic E-state index is 0.0684. The summed E-state index contributed by atoms with van der Waals surface area (Å²) in [5.74, 6) is -0.739. The predicted octanol–water partition coefficient (Wildman–Crippen LogP) is 5.73. The first kappa shape index (κ1) is 26.7. The van der Waals surface area contributed by atoms with E-state index in [9.17, 15) is 14.7 Å². The zero-order chi connectivity index (χ0) is 28.7. The number of anilines is 1. The summed E-state index contributed by atoms with van der Waals surface area (Å²) in [6.45, 7) is 3.73. The highest BCUT2D eigenvalue weighted by atomic mass is 32.2. The van der Waals surface area contributed by atoms with Crippen LogP contribution >= 0.6 is 23.1 Å². The Hall–Kier alpha value is -4.48. The van der Waals surface area contributed by atoms with Crippen LogP contribution in [-0.4, -0.2) is 43.5 Å². The van der Waals surface area contributed by atoms with Crippen molar-refractivity contribution in [3.8, 4) is 5.75 Å². The lowest BCUT2D eigenvalue weighted by atomic mass is 9.96. The second-order valence-corrected chi connectivity index (χ2v) is 11.7. The molecule has 1 unspecified atom stereocenters. The van der Waals surface area contributed by atoms with Gasteiger partial charge in [-0.3, -0.25) is 14.5 Å². The van der Waals surface area contributed by atoms with E-state index in [0.29, 0.717) is 32.7 Å². The van der Waals surface area contributed by atoms with Gasteiger partial charge in [-0.1, -0.05) is 71.6 Å². The normalized spacial score (nSPS) is 16.6. The Morgan fingerprint density at radius 3 is 2.61 bits per heavy atom. The van der Waals surface area contributed by atoms with Gasteiger partial charge in [0.1, 0.15) is 17.1 Å². The zero-order valence-corrected chi connectivity index (χ0v) is 24.1. The van der Waals surface area contributed by atoms with E-state index in [-0.39, 0.29) is 22.2 Å². The summed E-state index contributed by atoms with van der Waals surface area (Å²) >= 11 is 2.72. The quantitative estimate of drug-likeness (QED) is 0.0851. The summed E-state index contributed by atoms with van der Waals surface area (Å²) in [6, 6.07) is 19.9. The number of fused-ring (bicyclic) bond motifs is 1. The topological polar surface area (TPSA) is 110 Å². The number of rotatable bonds is 7. The first-order valence-corrected chi connectivity index (χ1v) is 14.6. The second-order valence-electron chi connectivity index (χ2n) is 9.50. The molecule has 206 valence electrons. The van der Waals surface area contributed by atoms with Crippen molar-refractivity contribution in [3.63, 3.8) is 0 Å². The molecule has 4 heterocycles. The van der Waals surface area contributed by atoms with Gasteiger partial charge in [0.15, 0.2) is 10.1 Å². The first-order chi connectivity index (χ1) is 19.9. The van der Waals surface area contributed by atoms with Crippen molar-refractivity contribution in [2.75, 3.05) is 12.0 Å². The Balaban J connectivity index is 1.46. The van der Waals surface area contributed by atoms with E-state index in [0.717, 1.165) is 11.1 Å². The Morgan fingerprint density at radius 2 is 1.85 bits per heavy atom. The summed E-state index contributed by atoms with van der Waals surface area (Å²) in [6.07, 6.45) is 1.84. The Labute approximate surface area is 244 Å². The van der Waals surface area contributed by atoms with Gasteiger partial charge in [-0.05, 0) is 48.7 Å². The summed E-state index contributed by atoms with van der Waals surface area (Å²) < 4.78 is 7.93. The fourth-order valence-electron chi connectivity index (χ4n) is 4.91. The summed E-state index contributed by atoms with van der Waals surface area (Å²) in [5, 5.41) is 20.5. The first-order valence-electron chi connectivity index (χ1n) is 12.8. The number of ketones is 1. The number of ether oxygens (including phenoxy) is 1. The predicted molar refractivity (Wildman–Crippen MR) is 158 cm³/mol. The molecule has 1 atom stereocenters. The number of aromatic nitrogens is 4. The number of aliphatic hydroxyl groups is 1. The molecule has 1 amide bonds. The van der Waals surface area contributed by atoms with E-state index >= 15 is 0 Å². The third kappa shape index (κ3) is 4.76. The van der Waals surface area contributed by atoms with Gasteiger partial charge in [0, 0.05) is 11.9 Å². The van der Waals surface area contributed by atoms with Crippen molar-refractivity contribution < 1.29 is 19.4 Å². The number of aliphatic hydroxyl groups excluding tert-OH is 1. The van der Waals surface area contributed by atoms with Gasteiger partial charge in [0.25, 0.3) is 5.78 Å². The molecule has 1 saturated heterocycles. The number of methoxy groups -OCH3 is 1. The minimum Gasteiger partial charge on any atom is -0.505 e. The highest BCUT2D eigenvalue weighted by molar-refractivity contribution is 8.00. The van der Waals surface area contributed by atoms with E-state index in [1.165, 1.54) is 28.0 Å². The van der Waals surface area contributed by atoms with E-state index in [4.69, 9.17) is 4.74 Å². The van der Waals surface area contributed by atoms with Crippen LogP contribution in [0, 0.1) is 13.8 Å². The highest BCUT2D eigenvalue weighted by Gasteiger charge is 2.49. The zero-order valence-electron chi connectivity index (χ0n) is 22.4. The van der Waals surface area contributed by atoms with E-state index in [2.05, 4.69) is 15.2 Å². The van der Waals surface area contributed by atoms with Crippen LogP contribution < -0.4 is 9.64 Å². The minimum atomic E-state index is -0.963. The maximum absolute atomic E-state index is 13.6. The molecule has 0 saturated carbocycles. The van der Waals surface area contributed by atoms with Crippen LogP contribution in [0.4, 0.5) is 5.13 Å². The van der Waals surface area contributed by atoms with Crippen molar-refractivity contribution in [3.05, 3.63) is 107 Å². The molecule has 9 nitrogen and oxygen atoms in total. The number of carbonyl (C=O) groups excluding carboxylic acids is 2. The molecule has 1 aliphatic heterocycles. The van der Waals surface area contributed by atoms with Crippen molar-refractivity contribution in [2.45, 2.75) is 30.0 Å². The van der Waals surface area contributed by atoms with Crippen molar-refractivity contribution >= 4 is 51.3 Å². The lowest BCUT2D eigenvalue weighted by molar-refractivity contribution is -0.132. The molecule has 5 aromatic rings. The highest BCUT2D eigenvalue weighted by Crippen LogP contribution is 2.44. The van der Waals surface area contributed by atoms with Crippen molar-refractivity contribution in [2.24, 2.45) is 0 Å². The Bertz CT molecular complexity index is 1830. The molecule has 1 fully saturated rings. The number of pyridine rings is 1. The van der Waals surface area contributed by atoms with Crippen LogP contribution in [0.15, 0.2) is 82.8 Å². The molecule has 0 spiro atoms. The fourth-order valence-corrected chi connectivity index (χ4v) is 6.73. The van der Waals surface area contributed by atoms with Gasteiger partial charge >= 0.3 is 5.91 Å². The molecule has 3 aromatic heterocycles. The number of imidazole rings is 1. The molecule has 6 rings (SSSR count). The molecule has 0 aliphatic carbocycles. The van der Waals surface area contributed by atoms with Gasteiger partial charge in [-0.2, -0.15) is 0 Å². The van der Waals surface area contributed by atoms with Crippen molar-refractivity contribution in [1.29, 1.82) is 0 Å². The van der Waals surface area contributed by atoms with Gasteiger partial charge in [-0.25, -0.2) is 4.98 Å². The maximum atomic E-state index is 13.6. The summed E-state index contributed by atoms with van der Waals surface area (Å²) in [4.78, 5) is 33.2. The van der Waals surface area contributed by atoms with Crippen LogP contribution in [0.1, 0.15) is 34.1 Å². The van der Waals surface area contributed by atoms with Crippen LogP contribution in [-0.2, 0) is 15.3 Å². The molecule has 2 aromatic carbocycles. The maximum Gasteiger partial charge on any atom is 0.301 e. The molecule has 41 heavy (non-hydrogen) atoms. The number of amides is 1. The number of hydrogen-bond acceptors (Lipinski definition) is 9. The van der Waals surface area contributed by atoms with Gasteiger partial charge in [0.05, 0.1) is 24.4 Å². The fraction of sp³-hybridized carbons (Fsp3) is 0.167. The molecular formula is C30H25N5O4S2. The lowest BCUT2D eigenvalue weighted by Gasteiger charge is -2.22. The number of nitrogens with zero attached hydrogens (tertiary/aromatic N) is 5. The van der Waals surface area contributed by atoms with E-state index < -0.39 is 17.7 Å². The van der Waals surface area contributed by atoms with Gasteiger partial charge in [0.2, 0.25) is 5.13 Å². The molecule has 0 bridgehead atoms. The van der Waals surface area contributed by atoms with Crippen LogP contribution in [0.2, 0.25) is 0 Å². The third-order valence-electron chi connectivity index (χ3n) is 6.97. The molecule has 1 aliphatic rings. The number of aryl methyl sites for hydroxylation is 2. The van der Waals surface area contributed by atoms with Crippen LogP contribution in [0.5, 0.6) is 5.75 Å². The number of Topliss-reactive ketones (excluding diaryl/α,β-unsaturated/α-hetero) is 1. The lowest BCUT2D eigenvalue weighted by Crippen LogP contribution is -2.29. The number of thioether (sulfide) groups is 1. The average Bonchev–Trinajstić information content (AvgIpc) is 3.67. The molecule has 11 heteroatoms. The van der Waals surface area contributed by atoms with Gasteiger partial charge < -0.3 is 14.2 Å². The van der Waals surface area contributed by atoms with Crippen LogP contribution in [0.3, 0.4) is 0 Å². The smallest absolute Gasteiger partial charge is 0.301 e. The SMILES string of the molecule is COc1cccc(C2/C(=C(\O)c3nc4c(C)cccn4c3C)C(=O)C(=O)N2c2nnc(SCc3ccccc3)s2)c1. The second kappa shape index (κ2) is 10.8. The standard InChI is InChI=1S/C30H25N5O4S2/c1-17-9-8-14-34-18(2)23(31-27(17)34)25(36)22-24(20-12-7-13-21(15-20)39-3)35(28(38)26(22)37)29-32-33-30(41-29)40-16-19-10-5-4-6-11-19/h4-15,24,36H,16H2,1-3H3/b25-22+. The Morgan fingerprint density at radius 1 is 1.05 bits per heavy atom. The van der Waals surface area contributed by atoms with Crippen molar-refractivity contribution in [1.82, 2.24) is 19.6 Å². The van der Waals surface area contributed by atoms with Gasteiger partial charge in [-0.15, -0.1) is 10.2 Å². The van der Waals surface area contributed by atoms with E-state index in [1.54, 1.807) is 31.4 Å². The summed E-state index contributed by atoms with van der Waals surface area (Å²) in [5.41, 5.74) is 4.09. The molecule has 1 N–H and O–H groups in total. The average molecular weight is 584 g/mol. The largest absolute Gasteiger partial charge is 0.505 e. The molecule has 0 radical (unpaired) electrons. The monoisotopic (exact) mass is 583 g/mol. The number of benzene rings is 2. The van der Waals surface area contributed by atoms with E-state index in [1.807, 2.05) is 66.9 Å².